The number of rotatable bonds is 3. The van der Waals surface area contributed by atoms with E-state index in [9.17, 15) is 18.0 Å². The zero-order chi connectivity index (χ0) is 12.3. The van der Waals surface area contributed by atoms with Crippen LogP contribution in [0.15, 0.2) is 10.9 Å². The summed E-state index contributed by atoms with van der Waals surface area (Å²) >= 11 is 0. The Kier molecular flexibility index (Phi) is 3.56. The van der Waals surface area contributed by atoms with E-state index in [1.54, 1.807) is 13.8 Å². The molecule has 0 bridgehead atoms. The van der Waals surface area contributed by atoms with Crippen LogP contribution in [0.3, 0.4) is 0 Å². The Morgan fingerprint density at radius 1 is 1.50 bits per heavy atom. The summed E-state index contributed by atoms with van der Waals surface area (Å²) in [5.74, 6) is 0.238. The van der Waals surface area contributed by atoms with Crippen LogP contribution < -0.4 is 10.9 Å². The Balaban J connectivity index is 2.85. The van der Waals surface area contributed by atoms with Crippen molar-refractivity contribution < 1.29 is 13.2 Å². The molecule has 2 N–H and O–H groups in total. The molecule has 1 aromatic rings. The molecule has 1 rings (SSSR count). The summed E-state index contributed by atoms with van der Waals surface area (Å²) in [5, 5.41) is 2.06. The average molecular weight is 235 g/mol. The number of anilines is 1. The predicted octanol–water partition coefficient (Wildman–Crippen LogP) is 1.87. The summed E-state index contributed by atoms with van der Waals surface area (Å²) in [6.07, 6.45) is -4.33. The van der Waals surface area contributed by atoms with Crippen molar-refractivity contribution in [3.8, 4) is 0 Å². The Morgan fingerprint density at radius 3 is 2.62 bits per heavy atom. The highest BCUT2D eigenvalue weighted by Crippen LogP contribution is 2.15. The van der Waals surface area contributed by atoms with Crippen molar-refractivity contribution in [1.82, 2.24) is 9.97 Å². The molecule has 0 spiro atoms. The van der Waals surface area contributed by atoms with Gasteiger partial charge in [-0.2, -0.15) is 13.2 Å². The smallest absolute Gasteiger partial charge is 0.361 e. The van der Waals surface area contributed by atoms with Crippen LogP contribution in [-0.4, -0.2) is 22.7 Å². The summed E-state index contributed by atoms with van der Waals surface area (Å²) in [5.41, 5.74) is -0.469. The van der Waals surface area contributed by atoms with Crippen LogP contribution in [-0.2, 0) is 0 Å². The van der Waals surface area contributed by atoms with E-state index >= 15 is 0 Å². The van der Waals surface area contributed by atoms with E-state index in [4.69, 9.17) is 0 Å². The third kappa shape index (κ3) is 3.92. The molecule has 0 aliphatic heterocycles. The first-order valence-electron chi connectivity index (χ1n) is 4.70. The zero-order valence-corrected chi connectivity index (χ0v) is 8.85. The molecule has 0 unspecified atom stereocenters. The van der Waals surface area contributed by atoms with Crippen molar-refractivity contribution in [2.45, 2.75) is 25.9 Å². The van der Waals surface area contributed by atoms with Crippen molar-refractivity contribution in [1.29, 1.82) is 0 Å². The van der Waals surface area contributed by atoms with Crippen LogP contribution >= 0.6 is 0 Å². The molecule has 90 valence electrons. The van der Waals surface area contributed by atoms with Gasteiger partial charge in [0.25, 0.3) is 5.56 Å². The minimum absolute atomic E-state index is 0.0552. The number of aromatic nitrogens is 2. The van der Waals surface area contributed by atoms with Crippen LogP contribution in [0.25, 0.3) is 0 Å². The molecule has 0 radical (unpaired) electrons. The highest BCUT2D eigenvalue weighted by Gasteiger charge is 2.26. The molecule has 7 heteroatoms. The van der Waals surface area contributed by atoms with Gasteiger partial charge in [0.1, 0.15) is 18.2 Å². The topological polar surface area (TPSA) is 57.8 Å². The van der Waals surface area contributed by atoms with Gasteiger partial charge in [0.05, 0.1) is 0 Å². The van der Waals surface area contributed by atoms with Gasteiger partial charge in [-0.05, 0) is 0 Å². The van der Waals surface area contributed by atoms with Crippen LogP contribution in [0.4, 0.5) is 19.0 Å². The average Bonchev–Trinajstić information content (AvgIpc) is 2.13. The first-order valence-corrected chi connectivity index (χ1v) is 4.70. The fourth-order valence-corrected chi connectivity index (χ4v) is 1.03. The van der Waals surface area contributed by atoms with Gasteiger partial charge in [0.2, 0.25) is 0 Å². The SMILES string of the molecule is CC(C)c1nc(NCC(F)(F)F)cc(=O)[nH]1. The molecule has 16 heavy (non-hydrogen) atoms. The quantitative estimate of drug-likeness (QED) is 0.840. The van der Waals surface area contributed by atoms with Crippen LogP contribution in [0.1, 0.15) is 25.6 Å². The molecule has 0 atom stereocenters. The van der Waals surface area contributed by atoms with Gasteiger partial charge in [0, 0.05) is 12.0 Å². The van der Waals surface area contributed by atoms with Crippen molar-refractivity contribution in [3.05, 3.63) is 22.2 Å². The van der Waals surface area contributed by atoms with Crippen LogP contribution in [0, 0.1) is 0 Å². The lowest BCUT2D eigenvalue weighted by molar-refractivity contribution is -0.115. The van der Waals surface area contributed by atoms with E-state index in [2.05, 4.69) is 15.3 Å². The largest absolute Gasteiger partial charge is 0.405 e. The number of alkyl halides is 3. The summed E-state index contributed by atoms with van der Waals surface area (Å²) in [6.45, 7) is 2.36. The standard InChI is InChI=1S/C9H12F3N3O/c1-5(2)8-14-6(3-7(16)15-8)13-4-9(10,11)12/h3,5H,4H2,1-2H3,(H2,13,14,15,16). The van der Waals surface area contributed by atoms with Gasteiger partial charge in [0.15, 0.2) is 0 Å². The highest BCUT2D eigenvalue weighted by molar-refractivity contribution is 5.33. The third-order valence-electron chi connectivity index (χ3n) is 1.78. The third-order valence-corrected chi connectivity index (χ3v) is 1.78. The molecule has 0 aliphatic carbocycles. The summed E-state index contributed by atoms with van der Waals surface area (Å²) in [4.78, 5) is 17.4. The molecule has 1 heterocycles. The van der Waals surface area contributed by atoms with E-state index in [1.165, 1.54) is 0 Å². The number of hydrogen-bond donors (Lipinski definition) is 2. The van der Waals surface area contributed by atoms with E-state index in [1.807, 2.05) is 0 Å². The van der Waals surface area contributed by atoms with Gasteiger partial charge in [-0.15, -0.1) is 0 Å². The van der Waals surface area contributed by atoms with E-state index in [0.29, 0.717) is 5.82 Å². The van der Waals surface area contributed by atoms with Crippen LogP contribution in [0.2, 0.25) is 0 Å². The predicted molar refractivity (Wildman–Crippen MR) is 53.5 cm³/mol. The molecule has 0 aromatic carbocycles. The number of aromatic amines is 1. The van der Waals surface area contributed by atoms with Gasteiger partial charge in [-0.1, -0.05) is 13.8 Å². The monoisotopic (exact) mass is 235 g/mol. The Labute approximate surface area is 89.9 Å². The number of halogens is 3. The van der Waals surface area contributed by atoms with Gasteiger partial charge >= 0.3 is 6.18 Å². The van der Waals surface area contributed by atoms with E-state index in [-0.39, 0.29) is 11.7 Å². The Morgan fingerprint density at radius 2 is 2.12 bits per heavy atom. The highest BCUT2D eigenvalue weighted by atomic mass is 19.4. The summed E-state index contributed by atoms with van der Waals surface area (Å²) < 4.78 is 35.8. The molecule has 4 nitrogen and oxygen atoms in total. The van der Waals surface area contributed by atoms with Crippen molar-refractivity contribution in [2.24, 2.45) is 0 Å². The first kappa shape index (κ1) is 12.5. The van der Waals surface area contributed by atoms with E-state index in [0.717, 1.165) is 6.07 Å². The molecule has 0 saturated carbocycles. The summed E-state index contributed by atoms with van der Waals surface area (Å²) in [6, 6.07) is 0.998. The Bertz CT molecular complexity index is 411. The maximum absolute atomic E-state index is 11.9. The minimum Gasteiger partial charge on any atom is -0.361 e. The van der Waals surface area contributed by atoms with Gasteiger partial charge in [-0.3, -0.25) is 4.79 Å². The second-order valence-corrected chi connectivity index (χ2v) is 3.64. The van der Waals surface area contributed by atoms with E-state index < -0.39 is 18.3 Å². The van der Waals surface area contributed by atoms with Crippen molar-refractivity contribution >= 4 is 5.82 Å². The number of hydrogen-bond acceptors (Lipinski definition) is 3. The zero-order valence-electron chi connectivity index (χ0n) is 8.85. The number of nitrogens with one attached hydrogen (secondary N) is 2. The lowest BCUT2D eigenvalue weighted by Crippen LogP contribution is -2.23. The molecule has 0 saturated heterocycles. The minimum atomic E-state index is -4.33. The molecular formula is C9H12F3N3O. The second-order valence-electron chi connectivity index (χ2n) is 3.64. The molecule has 0 fully saturated rings. The van der Waals surface area contributed by atoms with Gasteiger partial charge in [-0.25, -0.2) is 4.98 Å². The lowest BCUT2D eigenvalue weighted by Gasteiger charge is -2.10. The molecule has 1 aromatic heterocycles. The fourth-order valence-electron chi connectivity index (χ4n) is 1.03. The maximum Gasteiger partial charge on any atom is 0.405 e. The first-order chi connectivity index (χ1) is 7.28. The lowest BCUT2D eigenvalue weighted by atomic mass is 10.2. The van der Waals surface area contributed by atoms with Gasteiger partial charge < -0.3 is 10.3 Å². The van der Waals surface area contributed by atoms with Crippen molar-refractivity contribution in [3.63, 3.8) is 0 Å². The summed E-state index contributed by atoms with van der Waals surface area (Å²) in [7, 11) is 0. The molecule has 0 amide bonds. The maximum atomic E-state index is 11.9. The Hall–Kier alpha value is -1.53. The number of H-pyrrole nitrogens is 1. The number of nitrogens with zero attached hydrogens (tertiary/aromatic N) is 1. The van der Waals surface area contributed by atoms with Crippen LogP contribution in [0.5, 0.6) is 0 Å². The molecule has 0 aliphatic rings. The fraction of sp³-hybridized carbons (Fsp3) is 0.556. The van der Waals surface area contributed by atoms with Crippen molar-refractivity contribution in [2.75, 3.05) is 11.9 Å². The normalized spacial score (nSPS) is 11.9. The molecular weight excluding hydrogens is 223 g/mol. The second kappa shape index (κ2) is 4.54.